The number of aliphatic hydroxyl groups is 1. The van der Waals surface area contributed by atoms with Crippen molar-refractivity contribution in [2.45, 2.75) is 39.7 Å². The maximum atomic E-state index is 9.67. The number of methoxy groups -OCH3 is 1. The Balaban J connectivity index is 3.89. The average Bonchev–Trinajstić information content (AvgIpc) is 2.07. The summed E-state index contributed by atoms with van der Waals surface area (Å²) >= 11 is 0. The van der Waals surface area contributed by atoms with Gasteiger partial charge in [0, 0.05) is 26.7 Å². The zero-order valence-electron chi connectivity index (χ0n) is 10.9. The highest BCUT2D eigenvalue weighted by Crippen LogP contribution is 2.09. The second kappa shape index (κ2) is 7.20. The highest BCUT2D eigenvalue weighted by molar-refractivity contribution is 4.69. The molecule has 0 aliphatic rings. The Labute approximate surface area is 94.4 Å². The van der Waals surface area contributed by atoms with E-state index >= 15 is 0 Å². The van der Waals surface area contributed by atoms with Gasteiger partial charge in [0.2, 0.25) is 0 Å². The van der Waals surface area contributed by atoms with Crippen LogP contribution in [-0.2, 0) is 4.74 Å². The lowest BCUT2D eigenvalue weighted by Gasteiger charge is -2.27. The molecule has 1 N–H and O–H groups in total. The van der Waals surface area contributed by atoms with Gasteiger partial charge in [-0.15, -0.1) is 0 Å². The van der Waals surface area contributed by atoms with Crippen molar-refractivity contribution >= 4 is 0 Å². The first-order valence-corrected chi connectivity index (χ1v) is 5.79. The SMILES string of the molecule is COCCN(CCC(C)(C)O)CC(C)C. The van der Waals surface area contributed by atoms with Crippen LogP contribution in [0.2, 0.25) is 0 Å². The predicted molar refractivity (Wildman–Crippen MR) is 64.1 cm³/mol. The molecule has 0 atom stereocenters. The summed E-state index contributed by atoms with van der Waals surface area (Å²) in [6, 6.07) is 0. The van der Waals surface area contributed by atoms with Crippen molar-refractivity contribution in [2.24, 2.45) is 5.92 Å². The normalized spacial score (nSPS) is 12.8. The van der Waals surface area contributed by atoms with Crippen LogP contribution in [0.15, 0.2) is 0 Å². The van der Waals surface area contributed by atoms with Crippen LogP contribution in [0.1, 0.15) is 34.1 Å². The van der Waals surface area contributed by atoms with Crippen molar-refractivity contribution in [3.8, 4) is 0 Å². The second-order valence-electron chi connectivity index (χ2n) is 5.25. The molecule has 0 bridgehead atoms. The van der Waals surface area contributed by atoms with E-state index in [-0.39, 0.29) is 0 Å². The van der Waals surface area contributed by atoms with Gasteiger partial charge in [-0.3, -0.25) is 0 Å². The molecule has 0 saturated heterocycles. The van der Waals surface area contributed by atoms with Gasteiger partial charge in [0.25, 0.3) is 0 Å². The Morgan fingerprint density at radius 2 is 1.87 bits per heavy atom. The van der Waals surface area contributed by atoms with Crippen LogP contribution in [0.4, 0.5) is 0 Å². The van der Waals surface area contributed by atoms with E-state index in [9.17, 15) is 5.11 Å². The molecule has 0 aliphatic heterocycles. The molecule has 0 fully saturated rings. The quantitative estimate of drug-likeness (QED) is 0.672. The monoisotopic (exact) mass is 217 g/mol. The Morgan fingerprint density at radius 3 is 2.27 bits per heavy atom. The third kappa shape index (κ3) is 10.2. The third-order valence-corrected chi connectivity index (χ3v) is 2.27. The molecule has 0 radical (unpaired) electrons. The Morgan fingerprint density at radius 1 is 1.27 bits per heavy atom. The summed E-state index contributed by atoms with van der Waals surface area (Å²) in [5, 5.41) is 9.67. The van der Waals surface area contributed by atoms with Crippen LogP contribution in [0.5, 0.6) is 0 Å². The molecular weight excluding hydrogens is 190 g/mol. The summed E-state index contributed by atoms with van der Waals surface area (Å²) in [4.78, 5) is 2.35. The molecule has 92 valence electrons. The first kappa shape index (κ1) is 14.9. The average molecular weight is 217 g/mol. The lowest BCUT2D eigenvalue weighted by molar-refractivity contribution is 0.0509. The molecule has 0 aromatic rings. The topological polar surface area (TPSA) is 32.7 Å². The smallest absolute Gasteiger partial charge is 0.0603 e. The highest BCUT2D eigenvalue weighted by Gasteiger charge is 2.15. The maximum Gasteiger partial charge on any atom is 0.0603 e. The van der Waals surface area contributed by atoms with Gasteiger partial charge in [0.15, 0.2) is 0 Å². The highest BCUT2D eigenvalue weighted by atomic mass is 16.5. The van der Waals surface area contributed by atoms with Crippen molar-refractivity contribution in [3.05, 3.63) is 0 Å². The van der Waals surface area contributed by atoms with Gasteiger partial charge < -0.3 is 14.7 Å². The number of rotatable bonds is 8. The molecule has 0 heterocycles. The van der Waals surface area contributed by atoms with E-state index in [2.05, 4.69) is 18.7 Å². The lowest BCUT2D eigenvalue weighted by atomic mass is 10.1. The molecule has 0 saturated carbocycles. The minimum Gasteiger partial charge on any atom is -0.390 e. The van der Waals surface area contributed by atoms with Gasteiger partial charge in [-0.2, -0.15) is 0 Å². The van der Waals surface area contributed by atoms with E-state index in [0.29, 0.717) is 5.92 Å². The molecular formula is C12H27NO2. The van der Waals surface area contributed by atoms with Gasteiger partial charge in [0.1, 0.15) is 0 Å². The Kier molecular flexibility index (Phi) is 7.14. The van der Waals surface area contributed by atoms with Crippen LogP contribution in [0, 0.1) is 5.92 Å². The van der Waals surface area contributed by atoms with Crippen LogP contribution in [-0.4, -0.2) is 49.0 Å². The molecule has 0 aliphatic carbocycles. The van der Waals surface area contributed by atoms with Gasteiger partial charge >= 0.3 is 0 Å². The summed E-state index contributed by atoms with van der Waals surface area (Å²) in [5.74, 6) is 0.656. The van der Waals surface area contributed by atoms with Crippen molar-refractivity contribution in [1.29, 1.82) is 0 Å². The number of nitrogens with zero attached hydrogens (tertiary/aromatic N) is 1. The zero-order chi connectivity index (χ0) is 11.9. The van der Waals surface area contributed by atoms with Crippen LogP contribution in [0.3, 0.4) is 0 Å². The predicted octanol–water partition coefficient (Wildman–Crippen LogP) is 1.75. The summed E-state index contributed by atoms with van der Waals surface area (Å²) in [6.07, 6.45) is 0.809. The van der Waals surface area contributed by atoms with Crippen molar-refractivity contribution in [2.75, 3.05) is 33.4 Å². The largest absolute Gasteiger partial charge is 0.390 e. The fourth-order valence-corrected chi connectivity index (χ4v) is 1.46. The molecule has 15 heavy (non-hydrogen) atoms. The van der Waals surface area contributed by atoms with Gasteiger partial charge in [-0.05, 0) is 26.2 Å². The molecule has 3 heteroatoms. The molecule has 0 aromatic heterocycles. The summed E-state index contributed by atoms with van der Waals surface area (Å²) in [6.45, 7) is 11.9. The molecule has 0 unspecified atom stereocenters. The van der Waals surface area contributed by atoms with E-state index in [4.69, 9.17) is 4.74 Å². The van der Waals surface area contributed by atoms with E-state index in [0.717, 1.165) is 32.7 Å². The van der Waals surface area contributed by atoms with E-state index in [1.54, 1.807) is 7.11 Å². The lowest BCUT2D eigenvalue weighted by Crippen LogP contribution is -2.35. The number of hydrogen-bond acceptors (Lipinski definition) is 3. The van der Waals surface area contributed by atoms with Gasteiger partial charge in [-0.1, -0.05) is 13.8 Å². The van der Waals surface area contributed by atoms with Gasteiger partial charge in [-0.25, -0.2) is 0 Å². The Bertz CT molecular complexity index is 152. The van der Waals surface area contributed by atoms with Crippen LogP contribution >= 0.6 is 0 Å². The van der Waals surface area contributed by atoms with E-state index < -0.39 is 5.60 Å². The molecule has 3 nitrogen and oxygen atoms in total. The van der Waals surface area contributed by atoms with Gasteiger partial charge in [0.05, 0.1) is 12.2 Å². The standard InChI is InChI=1S/C12H27NO2/c1-11(2)10-13(8-9-15-5)7-6-12(3,4)14/h11,14H,6-10H2,1-5H3. The minimum absolute atomic E-state index is 0.567. The zero-order valence-corrected chi connectivity index (χ0v) is 10.9. The minimum atomic E-state index is -0.567. The molecule has 0 amide bonds. The first-order valence-electron chi connectivity index (χ1n) is 5.79. The maximum absolute atomic E-state index is 9.67. The Hall–Kier alpha value is -0.120. The molecule has 0 rings (SSSR count). The fourth-order valence-electron chi connectivity index (χ4n) is 1.46. The third-order valence-electron chi connectivity index (χ3n) is 2.27. The second-order valence-corrected chi connectivity index (χ2v) is 5.25. The molecule has 0 aromatic carbocycles. The molecule has 0 spiro atoms. The number of ether oxygens (including phenoxy) is 1. The van der Waals surface area contributed by atoms with Crippen LogP contribution in [0.25, 0.3) is 0 Å². The van der Waals surface area contributed by atoms with E-state index in [1.165, 1.54) is 0 Å². The summed E-state index contributed by atoms with van der Waals surface area (Å²) in [7, 11) is 1.73. The fraction of sp³-hybridized carbons (Fsp3) is 1.00. The first-order chi connectivity index (χ1) is 6.85. The van der Waals surface area contributed by atoms with Crippen molar-refractivity contribution in [3.63, 3.8) is 0 Å². The van der Waals surface area contributed by atoms with Crippen molar-refractivity contribution < 1.29 is 9.84 Å². The van der Waals surface area contributed by atoms with Crippen LogP contribution < -0.4 is 0 Å². The van der Waals surface area contributed by atoms with E-state index in [1.807, 2.05) is 13.8 Å². The summed E-state index contributed by atoms with van der Waals surface area (Å²) < 4.78 is 5.08. The van der Waals surface area contributed by atoms with Crippen molar-refractivity contribution in [1.82, 2.24) is 4.90 Å². The summed E-state index contributed by atoms with van der Waals surface area (Å²) in [5.41, 5.74) is -0.567. The number of hydrogen-bond donors (Lipinski definition) is 1.